The Morgan fingerprint density at radius 3 is 2.53 bits per heavy atom. The van der Waals surface area contributed by atoms with Crippen LogP contribution in [0.5, 0.6) is 0 Å². The summed E-state index contributed by atoms with van der Waals surface area (Å²) in [7, 11) is 0. The monoisotopic (exact) mass is 492 g/mol. The average molecular weight is 494 g/mol. The molecule has 4 nitrogen and oxygen atoms in total. The summed E-state index contributed by atoms with van der Waals surface area (Å²) in [5, 5.41) is 4.17. The van der Waals surface area contributed by atoms with E-state index in [0.29, 0.717) is 22.3 Å². The predicted molar refractivity (Wildman–Crippen MR) is 134 cm³/mol. The molecule has 7 heteroatoms. The molecular formula is C25H30Cl2N2O2S. The highest BCUT2D eigenvalue weighted by Gasteiger charge is 2.28. The quantitative estimate of drug-likeness (QED) is 0.466. The van der Waals surface area contributed by atoms with E-state index in [4.69, 9.17) is 23.2 Å². The standard InChI is InChI=1S/C25H30Cl2N2O2S/c1-17-7-3-4-8-20(17)14-29(18(2)25(31)28-21-9-5-6-10-21)24(30)16-32-15-19-11-12-22(26)23(27)13-19/h3-4,7-8,11-13,18,21H,5-6,9-10,14-16H2,1-2H3,(H,28,31)/t18-/m0/s1. The Hall–Kier alpha value is -1.69. The van der Waals surface area contributed by atoms with Gasteiger partial charge in [-0.25, -0.2) is 0 Å². The molecule has 2 amide bonds. The van der Waals surface area contributed by atoms with Gasteiger partial charge in [0.2, 0.25) is 11.8 Å². The Labute approximate surface area is 205 Å². The first-order valence-electron chi connectivity index (χ1n) is 11.0. The van der Waals surface area contributed by atoms with E-state index in [-0.39, 0.29) is 23.6 Å². The molecule has 1 aliphatic carbocycles. The SMILES string of the molecule is Cc1ccccc1CN(C(=O)CSCc1ccc(Cl)c(Cl)c1)[C@@H](C)C(=O)NC1CCCC1. The molecule has 2 aromatic carbocycles. The van der Waals surface area contributed by atoms with Gasteiger partial charge in [-0.3, -0.25) is 9.59 Å². The van der Waals surface area contributed by atoms with Gasteiger partial charge in [0.05, 0.1) is 15.8 Å². The van der Waals surface area contributed by atoms with Crippen molar-refractivity contribution in [1.82, 2.24) is 10.2 Å². The van der Waals surface area contributed by atoms with E-state index in [1.54, 1.807) is 11.0 Å². The lowest BCUT2D eigenvalue weighted by atomic mass is 10.1. The van der Waals surface area contributed by atoms with Crippen LogP contribution in [0.4, 0.5) is 0 Å². The summed E-state index contributed by atoms with van der Waals surface area (Å²) in [6.45, 7) is 4.27. The molecule has 0 spiro atoms. The molecule has 1 fully saturated rings. The van der Waals surface area contributed by atoms with Crippen LogP contribution in [0.25, 0.3) is 0 Å². The van der Waals surface area contributed by atoms with Gasteiger partial charge < -0.3 is 10.2 Å². The second kappa shape index (κ2) is 12.0. The van der Waals surface area contributed by atoms with E-state index in [1.165, 1.54) is 11.8 Å². The highest BCUT2D eigenvalue weighted by Crippen LogP contribution is 2.25. The fourth-order valence-corrected chi connectivity index (χ4v) is 5.09. The van der Waals surface area contributed by atoms with Crippen LogP contribution in [-0.2, 0) is 21.9 Å². The number of benzene rings is 2. The van der Waals surface area contributed by atoms with Crippen molar-refractivity contribution in [3.8, 4) is 0 Å². The van der Waals surface area contributed by atoms with Crippen molar-refractivity contribution in [2.45, 2.75) is 63.9 Å². The predicted octanol–water partition coefficient (Wildman–Crippen LogP) is 6.01. The number of halogens is 2. The van der Waals surface area contributed by atoms with E-state index in [9.17, 15) is 9.59 Å². The Kier molecular flexibility index (Phi) is 9.33. The molecule has 172 valence electrons. The van der Waals surface area contributed by atoms with Crippen molar-refractivity contribution in [3.63, 3.8) is 0 Å². The third-order valence-corrected chi connectivity index (χ3v) is 7.68. The lowest BCUT2D eigenvalue weighted by molar-refractivity contribution is -0.139. The molecule has 3 rings (SSSR count). The second-order valence-electron chi connectivity index (χ2n) is 8.36. The fourth-order valence-electron chi connectivity index (χ4n) is 3.91. The topological polar surface area (TPSA) is 49.4 Å². The fraction of sp³-hybridized carbons (Fsp3) is 0.440. The molecule has 0 radical (unpaired) electrons. The van der Waals surface area contributed by atoms with Crippen molar-refractivity contribution in [2.75, 3.05) is 5.75 Å². The first-order chi connectivity index (χ1) is 15.3. The van der Waals surface area contributed by atoms with Gasteiger partial charge in [0.1, 0.15) is 6.04 Å². The molecule has 1 atom stereocenters. The van der Waals surface area contributed by atoms with Gasteiger partial charge in [-0.15, -0.1) is 11.8 Å². The van der Waals surface area contributed by atoms with Crippen LogP contribution in [0.2, 0.25) is 10.0 Å². The summed E-state index contributed by atoms with van der Waals surface area (Å²) in [5.41, 5.74) is 3.17. The molecule has 0 aromatic heterocycles. The summed E-state index contributed by atoms with van der Waals surface area (Å²) in [6.07, 6.45) is 4.33. The number of thioether (sulfide) groups is 1. The zero-order valence-corrected chi connectivity index (χ0v) is 20.9. The third kappa shape index (κ3) is 6.90. The van der Waals surface area contributed by atoms with E-state index in [1.807, 2.05) is 50.2 Å². The number of hydrogen-bond acceptors (Lipinski definition) is 3. The summed E-state index contributed by atoms with van der Waals surface area (Å²) >= 11 is 13.6. The van der Waals surface area contributed by atoms with E-state index in [2.05, 4.69) is 5.32 Å². The van der Waals surface area contributed by atoms with E-state index in [0.717, 1.165) is 42.4 Å². The maximum atomic E-state index is 13.2. The number of rotatable bonds is 9. The van der Waals surface area contributed by atoms with Gasteiger partial charge in [0.15, 0.2) is 0 Å². The summed E-state index contributed by atoms with van der Waals surface area (Å²) in [6, 6.07) is 13.2. The number of aryl methyl sites for hydroxylation is 1. The normalized spacial score (nSPS) is 14.9. The van der Waals surface area contributed by atoms with E-state index >= 15 is 0 Å². The summed E-state index contributed by atoms with van der Waals surface area (Å²) in [4.78, 5) is 27.9. The van der Waals surface area contributed by atoms with Crippen molar-refractivity contribution in [3.05, 3.63) is 69.2 Å². The highest BCUT2D eigenvalue weighted by molar-refractivity contribution is 7.99. The molecule has 0 unspecified atom stereocenters. The number of hydrogen-bond donors (Lipinski definition) is 1. The van der Waals surface area contributed by atoms with Crippen molar-refractivity contribution in [2.24, 2.45) is 0 Å². The first kappa shape index (κ1) is 24.9. The maximum Gasteiger partial charge on any atom is 0.242 e. The second-order valence-corrected chi connectivity index (χ2v) is 10.2. The van der Waals surface area contributed by atoms with Crippen LogP contribution in [-0.4, -0.2) is 34.6 Å². The van der Waals surface area contributed by atoms with Crippen molar-refractivity contribution in [1.29, 1.82) is 0 Å². The first-order valence-corrected chi connectivity index (χ1v) is 12.9. The van der Waals surface area contributed by atoms with Crippen LogP contribution in [0.15, 0.2) is 42.5 Å². The van der Waals surface area contributed by atoms with Gasteiger partial charge in [-0.05, 0) is 55.5 Å². The summed E-state index contributed by atoms with van der Waals surface area (Å²) < 4.78 is 0. The maximum absolute atomic E-state index is 13.2. The minimum Gasteiger partial charge on any atom is -0.352 e. The zero-order valence-electron chi connectivity index (χ0n) is 18.6. The Morgan fingerprint density at radius 2 is 1.84 bits per heavy atom. The Balaban J connectivity index is 1.66. The number of nitrogens with one attached hydrogen (secondary N) is 1. The van der Waals surface area contributed by atoms with Crippen LogP contribution in [0, 0.1) is 6.92 Å². The third-order valence-electron chi connectivity index (χ3n) is 5.95. The van der Waals surface area contributed by atoms with Crippen molar-refractivity contribution >= 4 is 46.8 Å². The molecule has 2 aromatic rings. The molecule has 0 heterocycles. The van der Waals surface area contributed by atoms with Crippen LogP contribution < -0.4 is 5.32 Å². The Morgan fingerprint density at radius 1 is 1.12 bits per heavy atom. The van der Waals surface area contributed by atoms with Crippen LogP contribution in [0.3, 0.4) is 0 Å². The number of nitrogens with zero attached hydrogens (tertiary/aromatic N) is 1. The number of amides is 2. The molecule has 1 N–H and O–H groups in total. The van der Waals surface area contributed by atoms with Crippen LogP contribution in [0.1, 0.15) is 49.3 Å². The molecule has 1 aliphatic rings. The smallest absolute Gasteiger partial charge is 0.242 e. The lowest BCUT2D eigenvalue weighted by Gasteiger charge is -2.30. The Bertz CT molecular complexity index is 947. The molecular weight excluding hydrogens is 463 g/mol. The minimum atomic E-state index is -0.534. The van der Waals surface area contributed by atoms with Gasteiger partial charge >= 0.3 is 0 Å². The van der Waals surface area contributed by atoms with Crippen molar-refractivity contribution < 1.29 is 9.59 Å². The van der Waals surface area contributed by atoms with Gasteiger partial charge in [0.25, 0.3) is 0 Å². The highest BCUT2D eigenvalue weighted by atomic mass is 35.5. The van der Waals surface area contributed by atoms with Gasteiger partial charge in [-0.2, -0.15) is 0 Å². The summed E-state index contributed by atoms with van der Waals surface area (Å²) in [5.74, 6) is 0.803. The zero-order chi connectivity index (χ0) is 23.1. The minimum absolute atomic E-state index is 0.0487. The molecule has 0 aliphatic heterocycles. The largest absolute Gasteiger partial charge is 0.352 e. The molecule has 1 saturated carbocycles. The lowest BCUT2D eigenvalue weighted by Crippen LogP contribution is -2.50. The number of carbonyl (C=O) groups is 2. The molecule has 0 bridgehead atoms. The van der Waals surface area contributed by atoms with Gasteiger partial charge in [-0.1, -0.05) is 66.4 Å². The van der Waals surface area contributed by atoms with Gasteiger partial charge in [0, 0.05) is 18.3 Å². The van der Waals surface area contributed by atoms with E-state index < -0.39 is 6.04 Å². The molecule has 32 heavy (non-hydrogen) atoms. The molecule has 0 saturated heterocycles. The van der Waals surface area contributed by atoms with Crippen LogP contribution >= 0.6 is 35.0 Å². The average Bonchev–Trinajstić information content (AvgIpc) is 3.28. The number of carbonyl (C=O) groups excluding carboxylic acids is 2.